The van der Waals surface area contributed by atoms with Crippen molar-refractivity contribution in [3.8, 4) is 0 Å². The number of carbonyl (C=O) groups is 1. The molecular weight excluding hydrogens is 126 g/mol. The molecule has 0 heterocycles. The minimum absolute atomic E-state index is 0.198. The molecule has 58 valence electrons. The third-order valence-electron chi connectivity index (χ3n) is 1.39. The molecule has 10 heavy (non-hydrogen) atoms. The lowest BCUT2D eigenvalue weighted by atomic mass is 10.1. The molecule has 0 aliphatic rings. The maximum absolute atomic E-state index is 10.8. The lowest BCUT2D eigenvalue weighted by Crippen LogP contribution is -1.96. The number of Topliss-reactive ketones (excluding diaryl/α,β-unsaturated/α-hetero) is 1. The first-order valence-electron chi connectivity index (χ1n) is 3.82. The van der Waals surface area contributed by atoms with Gasteiger partial charge in [0.25, 0.3) is 0 Å². The monoisotopic (exact) mass is 141 g/mol. The van der Waals surface area contributed by atoms with Crippen LogP contribution >= 0.6 is 0 Å². The van der Waals surface area contributed by atoms with Gasteiger partial charge in [-0.3, -0.25) is 4.79 Å². The number of rotatable bonds is 6. The fourth-order valence-corrected chi connectivity index (χ4v) is 0.788. The summed E-state index contributed by atoms with van der Waals surface area (Å²) in [6, 6.07) is 0. The summed E-state index contributed by atoms with van der Waals surface area (Å²) in [7, 11) is 0. The molecule has 0 saturated carbocycles. The van der Waals surface area contributed by atoms with Crippen molar-refractivity contribution in [2.45, 2.75) is 39.0 Å². The Morgan fingerprint density at radius 1 is 1.50 bits per heavy atom. The van der Waals surface area contributed by atoms with Crippen LogP contribution in [0.5, 0.6) is 0 Å². The molecule has 0 aromatic rings. The van der Waals surface area contributed by atoms with E-state index < -0.39 is 0 Å². The maximum atomic E-state index is 10.8. The molecule has 0 aromatic heterocycles. The molecule has 1 N–H and O–H groups in total. The predicted octanol–water partition coefficient (Wildman–Crippen LogP) is 2.18. The fourth-order valence-electron chi connectivity index (χ4n) is 0.788. The first-order valence-corrected chi connectivity index (χ1v) is 3.82. The van der Waals surface area contributed by atoms with Crippen molar-refractivity contribution >= 4 is 12.0 Å². The lowest BCUT2D eigenvalue weighted by Gasteiger charge is -1.94. The first kappa shape index (κ1) is 9.34. The molecule has 0 aromatic carbocycles. The number of carbonyl (C=O) groups excluding carboxylic acids is 1. The third-order valence-corrected chi connectivity index (χ3v) is 1.39. The van der Waals surface area contributed by atoms with Gasteiger partial charge in [-0.25, -0.2) is 0 Å². The second kappa shape index (κ2) is 6.46. The van der Waals surface area contributed by atoms with E-state index in [1.54, 1.807) is 0 Å². The maximum Gasteiger partial charge on any atom is 0.138 e. The summed E-state index contributed by atoms with van der Waals surface area (Å²) in [5.74, 6) is 0.198. The molecule has 0 fully saturated rings. The molecule has 0 amide bonds. The van der Waals surface area contributed by atoms with E-state index in [-0.39, 0.29) is 5.78 Å². The lowest BCUT2D eigenvalue weighted by molar-refractivity contribution is -0.117. The first-order chi connectivity index (χ1) is 4.81. The molecule has 0 bridgehead atoms. The van der Waals surface area contributed by atoms with E-state index in [0.717, 1.165) is 19.3 Å². The molecule has 0 aliphatic heterocycles. The fraction of sp³-hybridized carbons (Fsp3) is 0.750. The zero-order valence-electron chi connectivity index (χ0n) is 6.52. The van der Waals surface area contributed by atoms with E-state index in [4.69, 9.17) is 5.41 Å². The van der Waals surface area contributed by atoms with Gasteiger partial charge >= 0.3 is 0 Å². The van der Waals surface area contributed by atoms with Gasteiger partial charge in [-0.15, -0.1) is 0 Å². The van der Waals surface area contributed by atoms with E-state index >= 15 is 0 Å². The summed E-state index contributed by atoms with van der Waals surface area (Å²) in [5, 5.41) is 6.67. The number of hydrogen-bond acceptors (Lipinski definition) is 2. The Labute approximate surface area is 62.1 Å². The zero-order valence-corrected chi connectivity index (χ0v) is 6.52. The van der Waals surface area contributed by atoms with Gasteiger partial charge in [-0.1, -0.05) is 19.8 Å². The van der Waals surface area contributed by atoms with E-state index in [9.17, 15) is 4.79 Å². The van der Waals surface area contributed by atoms with Gasteiger partial charge in [0, 0.05) is 19.1 Å². The van der Waals surface area contributed by atoms with Crippen molar-refractivity contribution in [1.29, 1.82) is 5.41 Å². The number of unbranched alkanes of at least 4 members (excludes halogenated alkanes) is 2. The molecule has 0 atom stereocenters. The van der Waals surface area contributed by atoms with Crippen molar-refractivity contribution in [1.82, 2.24) is 0 Å². The normalized spacial score (nSPS) is 9.30. The molecule has 0 rings (SSSR count). The minimum atomic E-state index is 0.198. The summed E-state index contributed by atoms with van der Waals surface area (Å²) >= 11 is 0. The molecule has 0 saturated heterocycles. The standard InChI is InChI=1S/C8H15NO/c1-2-3-4-5-8(10)6-7-9/h7,9H,2-6H2,1H3. The van der Waals surface area contributed by atoms with Crippen LogP contribution in [-0.4, -0.2) is 12.0 Å². The van der Waals surface area contributed by atoms with Gasteiger partial charge < -0.3 is 5.41 Å². The third kappa shape index (κ3) is 5.48. The van der Waals surface area contributed by atoms with Crippen LogP contribution in [0.1, 0.15) is 39.0 Å². The second-order valence-electron chi connectivity index (χ2n) is 2.40. The zero-order chi connectivity index (χ0) is 7.82. The van der Waals surface area contributed by atoms with Crippen LogP contribution in [0.2, 0.25) is 0 Å². The molecular formula is C8H15NO. The van der Waals surface area contributed by atoms with Crippen molar-refractivity contribution in [3.63, 3.8) is 0 Å². The highest BCUT2D eigenvalue weighted by atomic mass is 16.1. The van der Waals surface area contributed by atoms with Gasteiger partial charge in [0.2, 0.25) is 0 Å². The highest BCUT2D eigenvalue weighted by Gasteiger charge is 1.97. The summed E-state index contributed by atoms with van der Waals surface area (Å²) in [6.45, 7) is 2.11. The molecule has 0 spiro atoms. The SMILES string of the molecule is CCCCCC(=O)CC=N. The minimum Gasteiger partial charge on any atom is -0.313 e. The van der Waals surface area contributed by atoms with Gasteiger partial charge in [0.05, 0.1) is 0 Å². The number of hydrogen-bond donors (Lipinski definition) is 1. The van der Waals surface area contributed by atoms with E-state index in [1.165, 1.54) is 6.21 Å². The van der Waals surface area contributed by atoms with Crippen LogP contribution in [0.15, 0.2) is 0 Å². The molecule has 0 unspecified atom stereocenters. The van der Waals surface area contributed by atoms with Crippen LogP contribution in [-0.2, 0) is 4.79 Å². The average Bonchev–Trinajstić information content (AvgIpc) is 1.89. The Kier molecular flexibility index (Phi) is 6.03. The Hall–Kier alpha value is -0.660. The van der Waals surface area contributed by atoms with Crippen LogP contribution in [0.4, 0.5) is 0 Å². The van der Waals surface area contributed by atoms with E-state index in [2.05, 4.69) is 6.92 Å². The van der Waals surface area contributed by atoms with Crippen molar-refractivity contribution in [2.24, 2.45) is 0 Å². The highest BCUT2D eigenvalue weighted by Crippen LogP contribution is 2.00. The topological polar surface area (TPSA) is 40.9 Å². The average molecular weight is 141 g/mol. The van der Waals surface area contributed by atoms with Gasteiger partial charge in [0.15, 0.2) is 0 Å². The Balaban J connectivity index is 3.13. The van der Waals surface area contributed by atoms with Crippen LogP contribution in [0, 0.1) is 5.41 Å². The Morgan fingerprint density at radius 2 is 2.20 bits per heavy atom. The summed E-state index contributed by atoms with van der Waals surface area (Å²) < 4.78 is 0. The number of nitrogens with one attached hydrogen (secondary N) is 1. The van der Waals surface area contributed by atoms with E-state index in [1.807, 2.05) is 0 Å². The molecule has 2 heteroatoms. The highest BCUT2D eigenvalue weighted by molar-refractivity contribution is 5.90. The van der Waals surface area contributed by atoms with Crippen molar-refractivity contribution in [2.75, 3.05) is 0 Å². The Bertz CT molecular complexity index is 110. The van der Waals surface area contributed by atoms with Gasteiger partial charge in [-0.2, -0.15) is 0 Å². The van der Waals surface area contributed by atoms with Crippen LogP contribution in [0.25, 0.3) is 0 Å². The smallest absolute Gasteiger partial charge is 0.138 e. The summed E-state index contributed by atoms with van der Waals surface area (Å²) in [6.07, 6.45) is 5.42. The molecule has 0 radical (unpaired) electrons. The second-order valence-corrected chi connectivity index (χ2v) is 2.40. The largest absolute Gasteiger partial charge is 0.313 e. The van der Waals surface area contributed by atoms with Crippen LogP contribution < -0.4 is 0 Å². The number of ketones is 1. The predicted molar refractivity (Wildman–Crippen MR) is 42.5 cm³/mol. The van der Waals surface area contributed by atoms with Crippen molar-refractivity contribution in [3.05, 3.63) is 0 Å². The molecule has 0 aliphatic carbocycles. The Morgan fingerprint density at radius 3 is 2.70 bits per heavy atom. The summed E-state index contributed by atoms with van der Waals surface area (Å²) in [4.78, 5) is 10.8. The van der Waals surface area contributed by atoms with Gasteiger partial charge in [0.1, 0.15) is 5.78 Å². The van der Waals surface area contributed by atoms with Crippen molar-refractivity contribution < 1.29 is 4.79 Å². The van der Waals surface area contributed by atoms with Gasteiger partial charge in [-0.05, 0) is 6.42 Å². The summed E-state index contributed by atoms with van der Waals surface area (Å²) in [5.41, 5.74) is 0. The van der Waals surface area contributed by atoms with E-state index in [0.29, 0.717) is 12.8 Å². The quantitative estimate of drug-likeness (QED) is 0.447. The molecule has 2 nitrogen and oxygen atoms in total. The van der Waals surface area contributed by atoms with Crippen LogP contribution in [0.3, 0.4) is 0 Å².